The lowest BCUT2D eigenvalue weighted by Gasteiger charge is -2.17. The molecule has 3 heteroatoms. The van der Waals surface area contributed by atoms with Gasteiger partial charge in [-0.05, 0) is 30.2 Å². The first-order valence-electron chi connectivity index (χ1n) is 4.40. The van der Waals surface area contributed by atoms with Gasteiger partial charge in [0, 0.05) is 24.8 Å². The third kappa shape index (κ3) is 1.49. The fourth-order valence-corrected chi connectivity index (χ4v) is 1.54. The number of carbonyl (C=O) groups is 1. The maximum absolute atomic E-state index is 11.1. The van der Waals surface area contributed by atoms with Gasteiger partial charge in [0.05, 0.1) is 0 Å². The molecule has 0 saturated heterocycles. The van der Waals surface area contributed by atoms with E-state index < -0.39 is 0 Å². The molecule has 68 valence electrons. The third-order valence-corrected chi connectivity index (χ3v) is 2.29. The molecular weight excluding hydrogens is 164 g/mol. The van der Waals surface area contributed by atoms with Crippen LogP contribution in [0.4, 0.5) is 11.4 Å². The van der Waals surface area contributed by atoms with E-state index in [0.717, 1.165) is 17.8 Å². The number of amides is 1. The zero-order valence-corrected chi connectivity index (χ0v) is 7.55. The van der Waals surface area contributed by atoms with E-state index in [2.05, 4.69) is 16.7 Å². The highest BCUT2D eigenvalue weighted by molar-refractivity contribution is 5.94. The second kappa shape index (κ2) is 3.09. The van der Waals surface area contributed by atoms with E-state index in [0.29, 0.717) is 6.42 Å². The summed E-state index contributed by atoms with van der Waals surface area (Å²) in [6.07, 6.45) is 1.44. The standard InChI is InChI=1S/C10H12N2O/c1-11-8-3-4-9-7(6-8)2-5-10(13)12-9/h3-4,6,11H,2,5H2,1H3,(H,12,13). The molecule has 2 rings (SSSR count). The summed E-state index contributed by atoms with van der Waals surface area (Å²) in [5.41, 5.74) is 3.26. The van der Waals surface area contributed by atoms with E-state index in [1.807, 2.05) is 19.2 Å². The van der Waals surface area contributed by atoms with E-state index in [9.17, 15) is 4.79 Å². The molecule has 3 nitrogen and oxygen atoms in total. The van der Waals surface area contributed by atoms with Gasteiger partial charge in [-0.15, -0.1) is 0 Å². The monoisotopic (exact) mass is 176 g/mol. The molecule has 0 atom stereocenters. The van der Waals surface area contributed by atoms with Crippen molar-refractivity contribution in [2.75, 3.05) is 17.7 Å². The van der Waals surface area contributed by atoms with Crippen molar-refractivity contribution >= 4 is 17.3 Å². The smallest absolute Gasteiger partial charge is 0.224 e. The minimum atomic E-state index is 0.115. The fraction of sp³-hybridized carbons (Fsp3) is 0.300. The highest BCUT2D eigenvalue weighted by atomic mass is 16.1. The van der Waals surface area contributed by atoms with Crippen LogP contribution in [0.15, 0.2) is 18.2 Å². The van der Waals surface area contributed by atoms with Crippen LogP contribution in [0.3, 0.4) is 0 Å². The van der Waals surface area contributed by atoms with Crippen molar-refractivity contribution in [3.8, 4) is 0 Å². The summed E-state index contributed by atoms with van der Waals surface area (Å²) < 4.78 is 0. The Morgan fingerprint density at radius 2 is 2.23 bits per heavy atom. The first kappa shape index (κ1) is 8.10. The molecule has 1 amide bonds. The summed E-state index contributed by atoms with van der Waals surface area (Å²) in [4.78, 5) is 11.1. The molecule has 0 spiro atoms. The predicted molar refractivity (Wildman–Crippen MR) is 52.9 cm³/mol. The Hall–Kier alpha value is -1.51. The van der Waals surface area contributed by atoms with Gasteiger partial charge in [0.15, 0.2) is 0 Å². The summed E-state index contributed by atoms with van der Waals surface area (Å²) in [7, 11) is 1.89. The van der Waals surface area contributed by atoms with E-state index >= 15 is 0 Å². The summed E-state index contributed by atoms with van der Waals surface area (Å²) >= 11 is 0. The van der Waals surface area contributed by atoms with Gasteiger partial charge in [-0.2, -0.15) is 0 Å². The number of fused-ring (bicyclic) bond motifs is 1. The van der Waals surface area contributed by atoms with Gasteiger partial charge < -0.3 is 10.6 Å². The lowest BCUT2D eigenvalue weighted by Crippen LogP contribution is -2.18. The highest BCUT2D eigenvalue weighted by Crippen LogP contribution is 2.25. The maximum atomic E-state index is 11.1. The van der Waals surface area contributed by atoms with Crippen molar-refractivity contribution in [2.24, 2.45) is 0 Å². The second-order valence-corrected chi connectivity index (χ2v) is 3.17. The van der Waals surface area contributed by atoms with Gasteiger partial charge in [0.1, 0.15) is 0 Å². The molecule has 0 saturated carbocycles. The van der Waals surface area contributed by atoms with Gasteiger partial charge in [0.25, 0.3) is 0 Å². The molecule has 1 aliphatic heterocycles. The Morgan fingerprint density at radius 1 is 1.38 bits per heavy atom. The van der Waals surface area contributed by atoms with Crippen molar-refractivity contribution < 1.29 is 4.79 Å². The quantitative estimate of drug-likeness (QED) is 0.682. The van der Waals surface area contributed by atoms with Crippen molar-refractivity contribution in [1.29, 1.82) is 0 Å². The van der Waals surface area contributed by atoms with Crippen LogP contribution in [0.25, 0.3) is 0 Å². The Balaban J connectivity index is 2.36. The fourth-order valence-electron chi connectivity index (χ4n) is 1.54. The molecule has 13 heavy (non-hydrogen) atoms. The van der Waals surface area contributed by atoms with Crippen molar-refractivity contribution in [3.05, 3.63) is 23.8 Å². The molecule has 1 aromatic carbocycles. The number of benzene rings is 1. The zero-order valence-electron chi connectivity index (χ0n) is 7.55. The number of hydrogen-bond donors (Lipinski definition) is 2. The van der Waals surface area contributed by atoms with Gasteiger partial charge in [-0.1, -0.05) is 0 Å². The van der Waals surface area contributed by atoms with Crippen LogP contribution in [-0.2, 0) is 11.2 Å². The van der Waals surface area contributed by atoms with Crippen LogP contribution < -0.4 is 10.6 Å². The molecule has 0 unspecified atom stereocenters. The molecule has 0 aliphatic carbocycles. The summed E-state index contributed by atoms with van der Waals surface area (Å²) in [6.45, 7) is 0. The molecule has 0 radical (unpaired) electrons. The Labute approximate surface area is 77.1 Å². The number of aryl methyl sites for hydroxylation is 1. The van der Waals surface area contributed by atoms with Crippen LogP contribution in [0.2, 0.25) is 0 Å². The Morgan fingerprint density at radius 3 is 3.00 bits per heavy atom. The lowest BCUT2D eigenvalue weighted by molar-refractivity contribution is -0.116. The lowest BCUT2D eigenvalue weighted by atomic mass is 10.0. The molecule has 0 bridgehead atoms. The van der Waals surface area contributed by atoms with Gasteiger partial charge in [-0.25, -0.2) is 0 Å². The molecule has 1 aromatic rings. The molecule has 0 fully saturated rings. The first-order chi connectivity index (χ1) is 6.29. The average molecular weight is 176 g/mol. The number of anilines is 2. The van der Waals surface area contributed by atoms with Crippen LogP contribution in [0.1, 0.15) is 12.0 Å². The van der Waals surface area contributed by atoms with E-state index in [1.54, 1.807) is 0 Å². The SMILES string of the molecule is CNc1ccc2c(c1)CCC(=O)N2. The van der Waals surface area contributed by atoms with Gasteiger partial charge in [-0.3, -0.25) is 4.79 Å². The van der Waals surface area contributed by atoms with Crippen molar-refractivity contribution in [2.45, 2.75) is 12.8 Å². The van der Waals surface area contributed by atoms with Crippen LogP contribution >= 0.6 is 0 Å². The molecule has 2 N–H and O–H groups in total. The number of nitrogens with one attached hydrogen (secondary N) is 2. The van der Waals surface area contributed by atoms with Crippen molar-refractivity contribution in [3.63, 3.8) is 0 Å². The predicted octanol–water partition coefficient (Wildman–Crippen LogP) is 1.61. The minimum absolute atomic E-state index is 0.115. The summed E-state index contributed by atoms with van der Waals surface area (Å²) in [5, 5.41) is 5.92. The summed E-state index contributed by atoms with van der Waals surface area (Å²) in [5.74, 6) is 0.115. The van der Waals surface area contributed by atoms with E-state index in [4.69, 9.17) is 0 Å². The van der Waals surface area contributed by atoms with Gasteiger partial charge in [0.2, 0.25) is 5.91 Å². The highest BCUT2D eigenvalue weighted by Gasteiger charge is 2.13. The van der Waals surface area contributed by atoms with E-state index in [-0.39, 0.29) is 5.91 Å². The molecule has 1 heterocycles. The van der Waals surface area contributed by atoms with Gasteiger partial charge >= 0.3 is 0 Å². The number of carbonyl (C=O) groups excluding carboxylic acids is 1. The van der Waals surface area contributed by atoms with Crippen molar-refractivity contribution in [1.82, 2.24) is 0 Å². The normalized spacial score (nSPS) is 14.7. The van der Waals surface area contributed by atoms with Crippen LogP contribution in [-0.4, -0.2) is 13.0 Å². The average Bonchev–Trinajstić information content (AvgIpc) is 2.17. The number of rotatable bonds is 1. The topological polar surface area (TPSA) is 41.1 Å². The first-order valence-corrected chi connectivity index (χ1v) is 4.40. The minimum Gasteiger partial charge on any atom is -0.388 e. The van der Waals surface area contributed by atoms with Crippen LogP contribution in [0, 0.1) is 0 Å². The Kier molecular flexibility index (Phi) is 1.93. The maximum Gasteiger partial charge on any atom is 0.224 e. The molecule has 0 aromatic heterocycles. The van der Waals surface area contributed by atoms with Crippen LogP contribution in [0.5, 0.6) is 0 Å². The Bertz CT molecular complexity index is 347. The number of hydrogen-bond acceptors (Lipinski definition) is 2. The molecular formula is C10H12N2O. The molecule has 1 aliphatic rings. The van der Waals surface area contributed by atoms with E-state index in [1.165, 1.54) is 5.56 Å². The summed E-state index contributed by atoms with van der Waals surface area (Å²) in [6, 6.07) is 5.98. The largest absolute Gasteiger partial charge is 0.388 e. The third-order valence-electron chi connectivity index (χ3n) is 2.29. The second-order valence-electron chi connectivity index (χ2n) is 3.17. The zero-order chi connectivity index (χ0) is 9.26.